The van der Waals surface area contributed by atoms with Crippen molar-refractivity contribution in [2.75, 3.05) is 7.11 Å². The number of nitrogens with zero attached hydrogens (tertiary/aromatic N) is 3. The SMILES string of the molecule is COc1c([C@H]2[C@H](C3=NC4CC=NC(C(N)=O)=C4C=N3)O[C@@](C)(C(F)(F)F)[C@H]2C)ccc(F)c1F. The third-order valence-corrected chi connectivity index (χ3v) is 6.61. The van der Waals surface area contributed by atoms with Crippen LogP contribution in [0.2, 0.25) is 0 Å². The van der Waals surface area contributed by atoms with Crippen molar-refractivity contribution < 1.29 is 36.2 Å². The lowest BCUT2D eigenvalue weighted by atomic mass is 9.76. The van der Waals surface area contributed by atoms with Gasteiger partial charge in [-0.2, -0.15) is 17.6 Å². The fraction of sp³-hybridized carbons (Fsp3) is 0.455. The number of nitrogens with two attached hydrogens (primary N) is 1. The van der Waals surface area contributed by atoms with Crippen LogP contribution in [0.1, 0.15) is 31.7 Å². The monoisotopic (exact) mass is 484 g/mol. The quantitative estimate of drug-likeness (QED) is 0.663. The number of alkyl halides is 3. The van der Waals surface area contributed by atoms with Crippen molar-refractivity contribution in [2.45, 2.75) is 50.1 Å². The van der Waals surface area contributed by atoms with Crippen molar-refractivity contribution in [3.63, 3.8) is 0 Å². The molecule has 0 saturated carbocycles. The summed E-state index contributed by atoms with van der Waals surface area (Å²) in [7, 11) is 1.10. The first-order chi connectivity index (χ1) is 15.9. The van der Waals surface area contributed by atoms with Crippen LogP contribution < -0.4 is 10.5 Å². The Morgan fingerprint density at radius 1 is 1.26 bits per heavy atom. The molecule has 12 heteroatoms. The second-order valence-electron chi connectivity index (χ2n) is 8.42. The zero-order chi connectivity index (χ0) is 25.0. The number of fused-ring (bicyclic) bond motifs is 1. The van der Waals surface area contributed by atoms with E-state index in [1.807, 2.05) is 0 Å². The molecule has 4 rings (SSSR count). The Morgan fingerprint density at radius 2 is 1.97 bits per heavy atom. The van der Waals surface area contributed by atoms with Gasteiger partial charge in [-0.25, -0.2) is 9.38 Å². The predicted molar refractivity (Wildman–Crippen MR) is 113 cm³/mol. The molecule has 7 nitrogen and oxygen atoms in total. The maximum absolute atomic E-state index is 14.5. The Labute approximate surface area is 191 Å². The van der Waals surface area contributed by atoms with Gasteiger partial charge in [-0.3, -0.25) is 14.8 Å². The summed E-state index contributed by atoms with van der Waals surface area (Å²) in [4.78, 5) is 24.2. The number of halogens is 5. The number of carbonyl (C=O) groups excluding carboxylic acids is 1. The van der Waals surface area contributed by atoms with E-state index in [0.717, 1.165) is 20.1 Å². The molecule has 1 aromatic carbocycles. The minimum Gasteiger partial charge on any atom is -0.493 e. The predicted octanol–water partition coefficient (Wildman–Crippen LogP) is 3.48. The van der Waals surface area contributed by atoms with Crippen molar-refractivity contribution in [1.29, 1.82) is 0 Å². The molecule has 1 amide bonds. The van der Waals surface area contributed by atoms with Crippen LogP contribution in [0.4, 0.5) is 22.0 Å². The number of amidine groups is 1. The van der Waals surface area contributed by atoms with Crippen molar-refractivity contribution in [2.24, 2.45) is 26.6 Å². The lowest BCUT2D eigenvalue weighted by Gasteiger charge is -2.32. The third-order valence-electron chi connectivity index (χ3n) is 6.61. The van der Waals surface area contributed by atoms with Crippen molar-refractivity contribution >= 4 is 24.2 Å². The summed E-state index contributed by atoms with van der Waals surface area (Å²) in [6, 6.07) is 1.34. The number of ether oxygens (including phenoxy) is 2. The van der Waals surface area contributed by atoms with E-state index in [2.05, 4.69) is 15.0 Å². The van der Waals surface area contributed by atoms with Gasteiger partial charge in [0.15, 0.2) is 23.0 Å². The standard InChI is InChI=1S/C22H21F5N4O3/c1-9-14(10-4-5-12(23)15(24)17(10)33-3)18(34-21(9,2)22(25,26)27)20-30-8-11-13(31-20)6-7-29-16(11)19(28)32/h4-5,7-9,13-14,18H,6H2,1-3H3,(H2,28,32)/t9-,13?,14-,18+,21+/m0/s1. The number of carbonyl (C=O) groups is 1. The Balaban J connectivity index is 1.84. The minimum atomic E-state index is -4.79. The number of amides is 1. The minimum absolute atomic E-state index is 0.00542. The summed E-state index contributed by atoms with van der Waals surface area (Å²) < 4.78 is 81.3. The number of aliphatic imine (C=N–C) groups is 3. The Hall–Kier alpha value is -3.15. The first-order valence-electron chi connectivity index (χ1n) is 10.3. The van der Waals surface area contributed by atoms with E-state index in [1.165, 1.54) is 25.4 Å². The lowest BCUT2D eigenvalue weighted by Crippen LogP contribution is -2.47. The summed E-state index contributed by atoms with van der Waals surface area (Å²) in [6.45, 7) is 2.21. The van der Waals surface area contributed by atoms with Gasteiger partial charge >= 0.3 is 6.18 Å². The largest absolute Gasteiger partial charge is 0.493 e. The highest BCUT2D eigenvalue weighted by atomic mass is 19.4. The second kappa shape index (κ2) is 8.26. The lowest BCUT2D eigenvalue weighted by molar-refractivity contribution is -0.270. The molecule has 182 valence electrons. The molecule has 1 saturated heterocycles. The number of rotatable bonds is 4. The van der Waals surface area contributed by atoms with Crippen molar-refractivity contribution in [3.05, 3.63) is 40.6 Å². The van der Waals surface area contributed by atoms with Gasteiger partial charge in [0.1, 0.15) is 11.8 Å². The van der Waals surface area contributed by atoms with Crippen LogP contribution in [-0.4, -0.2) is 55.2 Å². The van der Waals surface area contributed by atoms with Gasteiger partial charge in [-0.05, 0) is 13.0 Å². The second-order valence-corrected chi connectivity index (χ2v) is 8.42. The molecule has 3 aliphatic heterocycles. The van der Waals surface area contributed by atoms with Crippen LogP contribution >= 0.6 is 0 Å². The molecule has 3 aliphatic rings. The van der Waals surface area contributed by atoms with E-state index in [-0.39, 0.29) is 23.5 Å². The number of methoxy groups -OCH3 is 1. The third kappa shape index (κ3) is 3.60. The molecular weight excluding hydrogens is 463 g/mol. The summed E-state index contributed by atoms with van der Waals surface area (Å²) >= 11 is 0. The van der Waals surface area contributed by atoms with E-state index in [1.54, 1.807) is 0 Å². The van der Waals surface area contributed by atoms with Gasteiger partial charge < -0.3 is 15.2 Å². The Bertz CT molecular complexity index is 1160. The van der Waals surface area contributed by atoms with Crippen LogP contribution in [0.3, 0.4) is 0 Å². The normalized spacial score (nSPS) is 30.9. The smallest absolute Gasteiger partial charge is 0.417 e. The zero-order valence-electron chi connectivity index (χ0n) is 18.4. The first-order valence-corrected chi connectivity index (χ1v) is 10.3. The molecule has 0 radical (unpaired) electrons. The van der Waals surface area contributed by atoms with Crippen molar-refractivity contribution in [1.82, 2.24) is 0 Å². The molecular formula is C22H21F5N4O3. The van der Waals surface area contributed by atoms with Crippen LogP contribution in [-0.2, 0) is 9.53 Å². The van der Waals surface area contributed by atoms with Crippen LogP contribution in [0.25, 0.3) is 0 Å². The summed E-state index contributed by atoms with van der Waals surface area (Å²) in [5.41, 5.74) is 2.99. The fourth-order valence-corrected chi connectivity index (χ4v) is 4.59. The maximum atomic E-state index is 14.5. The summed E-state index contributed by atoms with van der Waals surface area (Å²) in [5, 5.41) is 0. The molecule has 0 spiro atoms. The van der Waals surface area contributed by atoms with Gasteiger partial charge in [0.25, 0.3) is 5.91 Å². The molecule has 0 aromatic heterocycles. The average Bonchev–Trinajstić information content (AvgIpc) is 3.06. The average molecular weight is 484 g/mol. The van der Waals surface area contributed by atoms with E-state index in [4.69, 9.17) is 15.2 Å². The molecule has 1 aromatic rings. The topological polar surface area (TPSA) is 98.6 Å². The highest BCUT2D eigenvalue weighted by molar-refractivity contribution is 6.07. The molecule has 5 atom stereocenters. The van der Waals surface area contributed by atoms with E-state index >= 15 is 0 Å². The molecule has 0 aliphatic carbocycles. The maximum Gasteiger partial charge on any atom is 0.417 e. The van der Waals surface area contributed by atoms with Crippen molar-refractivity contribution in [3.8, 4) is 5.75 Å². The van der Waals surface area contributed by atoms with Gasteiger partial charge in [-0.1, -0.05) is 13.0 Å². The van der Waals surface area contributed by atoms with Gasteiger partial charge in [0, 0.05) is 41.8 Å². The molecule has 1 fully saturated rings. The zero-order valence-corrected chi connectivity index (χ0v) is 18.4. The number of hydrogen-bond donors (Lipinski definition) is 1. The Morgan fingerprint density at radius 3 is 2.59 bits per heavy atom. The van der Waals surface area contributed by atoms with Crippen LogP contribution in [0, 0.1) is 17.6 Å². The Kier molecular flexibility index (Phi) is 5.83. The molecule has 34 heavy (non-hydrogen) atoms. The molecule has 0 bridgehead atoms. The highest BCUT2D eigenvalue weighted by Crippen LogP contribution is 2.55. The van der Waals surface area contributed by atoms with Crippen LogP contribution in [0.15, 0.2) is 38.4 Å². The molecule has 3 heterocycles. The van der Waals surface area contributed by atoms with E-state index in [0.29, 0.717) is 5.57 Å². The summed E-state index contributed by atoms with van der Waals surface area (Å²) in [5.74, 6) is -6.29. The number of hydrogen-bond acceptors (Lipinski definition) is 6. The van der Waals surface area contributed by atoms with E-state index < -0.39 is 59.1 Å². The van der Waals surface area contributed by atoms with Crippen LogP contribution in [0.5, 0.6) is 5.75 Å². The van der Waals surface area contributed by atoms with Gasteiger partial charge in [0.05, 0.1) is 13.2 Å². The van der Waals surface area contributed by atoms with Gasteiger partial charge in [0.2, 0.25) is 5.82 Å². The highest BCUT2D eigenvalue weighted by Gasteiger charge is 2.65. The number of primary amides is 1. The number of benzene rings is 1. The first kappa shape index (κ1) is 24.0. The fourth-order valence-electron chi connectivity index (χ4n) is 4.59. The van der Waals surface area contributed by atoms with E-state index in [9.17, 15) is 26.7 Å². The molecule has 2 N–H and O–H groups in total. The van der Waals surface area contributed by atoms with Gasteiger partial charge in [-0.15, -0.1) is 0 Å². The molecule has 1 unspecified atom stereocenters. The summed E-state index contributed by atoms with van der Waals surface area (Å²) in [6.07, 6.45) is -3.18.